The SMILES string of the molecule is Cc1noc(C)c1CC(=O)N1CCN(C(=O)NC(C)c2oc3ccccc3c2C)CC1. The van der Waals surface area contributed by atoms with Crippen LogP contribution in [0, 0.1) is 20.8 Å². The summed E-state index contributed by atoms with van der Waals surface area (Å²) in [6, 6.07) is 7.46. The van der Waals surface area contributed by atoms with Gasteiger partial charge in [-0.05, 0) is 33.8 Å². The number of furan rings is 1. The quantitative estimate of drug-likeness (QED) is 0.692. The van der Waals surface area contributed by atoms with Gasteiger partial charge in [-0.15, -0.1) is 0 Å². The van der Waals surface area contributed by atoms with Gasteiger partial charge in [0.1, 0.15) is 17.1 Å². The number of aromatic nitrogens is 1. The topological polar surface area (TPSA) is 91.8 Å². The molecular weight excluding hydrogens is 396 g/mol. The van der Waals surface area contributed by atoms with E-state index in [-0.39, 0.29) is 24.4 Å². The van der Waals surface area contributed by atoms with Crippen LogP contribution < -0.4 is 5.32 Å². The Kier molecular flexibility index (Phi) is 5.71. The lowest BCUT2D eigenvalue weighted by Crippen LogP contribution is -2.53. The Morgan fingerprint density at radius 2 is 1.77 bits per heavy atom. The van der Waals surface area contributed by atoms with Crippen LogP contribution in [0.2, 0.25) is 0 Å². The Balaban J connectivity index is 1.32. The first-order valence-electron chi connectivity index (χ1n) is 10.6. The zero-order chi connectivity index (χ0) is 22.1. The highest BCUT2D eigenvalue weighted by molar-refractivity contribution is 5.83. The van der Waals surface area contributed by atoms with E-state index in [9.17, 15) is 9.59 Å². The van der Waals surface area contributed by atoms with E-state index in [0.717, 1.165) is 33.6 Å². The molecule has 31 heavy (non-hydrogen) atoms. The number of nitrogens with zero attached hydrogens (tertiary/aromatic N) is 3. The molecule has 8 heteroatoms. The van der Waals surface area contributed by atoms with Crippen molar-refractivity contribution in [3.63, 3.8) is 0 Å². The predicted octanol–water partition coefficient (Wildman–Crippen LogP) is 3.50. The molecule has 8 nitrogen and oxygen atoms in total. The van der Waals surface area contributed by atoms with E-state index >= 15 is 0 Å². The van der Waals surface area contributed by atoms with Crippen molar-refractivity contribution in [2.75, 3.05) is 26.2 Å². The first-order valence-corrected chi connectivity index (χ1v) is 10.6. The molecule has 0 radical (unpaired) electrons. The van der Waals surface area contributed by atoms with E-state index in [4.69, 9.17) is 8.94 Å². The van der Waals surface area contributed by atoms with Crippen LogP contribution in [0.5, 0.6) is 0 Å². The van der Waals surface area contributed by atoms with E-state index in [1.807, 2.05) is 52.0 Å². The van der Waals surface area contributed by atoms with E-state index in [0.29, 0.717) is 31.9 Å². The zero-order valence-electron chi connectivity index (χ0n) is 18.4. The molecule has 0 spiro atoms. The summed E-state index contributed by atoms with van der Waals surface area (Å²) in [7, 11) is 0. The molecule has 0 aliphatic carbocycles. The Morgan fingerprint density at radius 3 is 2.42 bits per heavy atom. The van der Waals surface area contributed by atoms with Gasteiger partial charge >= 0.3 is 6.03 Å². The van der Waals surface area contributed by atoms with E-state index < -0.39 is 0 Å². The highest BCUT2D eigenvalue weighted by atomic mass is 16.5. The number of piperazine rings is 1. The lowest BCUT2D eigenvalue weighted by molar-refractivity contribution is -0.131. The minimum atomic E-state index is -0.251. The molecule has 1 N–H and O–H groups in total. The van der Waals surface area contributed by atoms with Crippen molar-refractivity contribution in [3.05, 3.63) is 52.6 Å². The van der Waals surface area contributed by atoms with Crippen LogP contribution >= 0.6 is 0 Å². The van der Waals surface area contributed by atoms with Crippen LogP contribution in [0.4, 0.5) is 4.79 Å². The van der Waals surface area contributed by atoms with Gasteiger partial charge in [-0.3, -0.25) is 4.79 Å². The fourth-order valence-electron chi connectivity index (χ4n) is 4.12. The van der Waals surface area contributed by atoms with Crippen molar-refractivity contribution in [2.24, 2.45) is 0 Å². The maximum absolute atomic E-state index is 12.8. The fraction of sp³-hybridized carbons (Fsp3) is 0.435. The monoisotopic (exact) mass is 424 g/mol. The van der Waals surface area contributed by atoms with Gasteiger partial charge in [0.15, 0.2) is 0 Å². The average molecular weight is 425 g/mol. The van der Waals surface area contributed by atoms with Crippen LogP contribution in [-0.2, 0) is 11.2 Å². The van der Waals surface area contributed by atoms with Gasteiger partial charge < -0.3 is 24.1 Å². The number of para-hydroxylation sites is 1. The minimum Gasteiger partial charge on any atom is -0.459 e. The number of hydrogen-bond donors (Lipinski definition) is 1. The number of carbonyl (C=O) groups excluding carboxylic acids is 2. The number of benzene rings is 1. The Labute approximate surface area is 181 Å². The number of fused-ring (bicyclic) bond motifs is 1. The second-order valence-electron chi connectivity index (χ2n) is 8.11. The lowest BCUT2D eigenvalue weighted by Gasteiger charge is -2.35. The molecule has 164 valence electrons. The van der Waals surface area contributed by atoms with Gasteiger partial charge in [-0.2, -0.15) is 0 Å². The molecule has 3 amide bonds. The summed E-state index contributed by atoms with van der Waals surface area (Å²) >= 11 is 0. The number of aryl methyl sites for hydroxylation is 3. The summed E-state index contributed by atoms with van der Waals surface area (Å²) in [5.74, 6) is 1.47. The molecular formula is C23H28N4O4. The first kappa shape index (κ1) is 21.0. The fourth-order valence-corrected chi connectivity index (χ4v) is 4.12. The molecule has 1 aliphatic heterocycles. The molecule has 0 bridgehead atoms. The van der Waals surface area contributed by atoms with Gasteiger partial charge in [-0.1, -0.05) is 23.4 Å². The largest absolute Gasteiger partial charge is 0.459 e. The molecule has 1 fully saturated rings. The maximum atomic E-state index is 12.8. The molecule has 1 saturated heterocycles. The molecule has 0 saturated carbocycles. The molecule has 1 unspecified atom stereocenters. The van der Waals surface area contributed by atoms with Crippen molar-refractivity contribution in [1.29, 1.82) is 0 Å². The Bertz CT molecular complexity index is 1090. The molecule has 2 aromatic heterocycles. The molecule has 4 rings (SSSR count). The van der Waals surface area contributed by atoms with E-state index in [2.05, 4.69) is 10.5 Å². The number of nitrogens with one attached hydrogen (secondary N) is 1. The number of hydrogen-bond acceptors (Lipinski definition) is 5. The van der Waals surface area contributed by atoms with Gasteiger partial charge in [0.2, 0.25) is 5.91 Å². The maximum Gasteiger partial charge on any atom is 0.318 e. The number of amides is 3. The smallest absolute Gasteiger partial charge is 0.318 e. The summed E-state index contributed by atoms with van der Waals surface area (Å²) in [6.45, 7) is 9.58. The van der Waals surface area contributed by atoms with Crippen LogP contribution in [0.15, 0.2) is 33.2 Å². The highest BCUT2D eigenvalue weighted by Gasteiger charge is 2.27. The van der Waals surface area contributed by atoms with Crippen molar-refractivity contribution in [1.82, 2.24) is 20.3 Å². The number of carbonyl (C=O) groups is 2. The second kappa shape index (κ2) is 8.45. The van der Waals surface area contributed by atoms with Crippen LogP contribution in [0.1, 0.15) is 41.3 Å². The Hall–Kier alpha value is -3.29. The van der Waals surface area contributed by atoms with Gasteiger partial charge in [0.05, 0.1) is 18.2 Å². The zero-order valence-corrected chi connectivity index (χ0v) is 18.4. The summed E-state index contributed by atoms with van der Waals surface area (Å²) < 4.78 is 11.1. The first-order chi connectivity index (χ1) is 14.8. The van der Waals surface area contributed by atoms with Crippen molar-refractivity contribution in [3.8, 4) is 0 Å². The van der Waals surface area contributed by atoms with Crippen molar-refractivity contribution < 1.29 is 18.5 Å². The normalized spacial score (nSPS) is 15.4. The van der Waals surface area contributed by atoms with Crippen LogP contribution in [0.25, 0.3) is 11.0 Å². The van der Waals surface area contributed by atoms with Crippen LogP contribution in [-0.4, -0.2) is 53.1 Å². The Morgan fingerprint density at radius 1 is 1.10 bits per heavy atom. The van der Waals surface area contributed by atoms with E-state index in [1.54, 1.807) is 9.80 Å². The highest BCUT2D eigenvalue weighted by Crippen LogP contribution is 2.29. The van der Waals surface area contributed by atoms with Crippen molar-refractivity contribution in [2.45, 2.75) is 40.2 Å². The number of rotatable bonds is 4. The van der Waals surface area contributed by atoms with Gasteiger partial charge in [-0.25, -0.2) is 4.79 Å². The lowest BCUT2D eigenvalue weighted by atomic mass is 10.1. The van der Waals surface area contributed by atoms with Crippen LogP contribution in [0.3, 0.4) is 0 Å². The summed E-state index contributed by atoms with van der Waals surface area (Å²) in [4.78, 5) is 29.0. The van der Waals surface area contributed by atoms with Crippen molar-refractivity contribution >= 4 is 22.9 Å². The third-order valence-corrected chi connectivity index (χ3v) is 6.04. The van der Waals surface area contributed by atoms with E-state index in [1.165, 1.54) is 0 Å². The summed E-state index contributed by atoms with van der Waals surface area (Å²) in [6.07, 6.45) is 0.274. The van der Waals surface area contributed by atoms with Gasteiger partial charge in [0.25, 0.3) is 0 Å². The minimum absolute atomic E-state index is 0.0285. The molecule has 1 aromatic carbocycles. The third kappa shape index (κ3) is 4.15. The molecule has 3 heterocycles. The summed E-state index contributed by atoms with van der Waals surface area (Å²) in [5, 5.41) is 8.00. The molecule has 3 aromatic rings. The standard InChI is InChI=1S/C23H28N4O4/c1-14-18-7-5-6-8-20(18)30-22(14)16(3)24-23(29)27-11-9-26(10-12-27)21(28)13-19-15(2)25-31-17(19)4/h5-8,16H,9-13H2,1-4H3,(H,24,29). The molecule has 1 aliphatic rings. The molecule has 1 atom stereocenters. The second-order valence-corrected chi connectivity index (χ2v) is 8.11. The summed E-state index contributed by atoms with van der Waals surface area (Å²) in [5.41, 5.74) is 3.46. The van der Waals surface area contributed by atoms with Gasteiger partial charge in [0, 0.05) is 42.7 Å². The number of urea groups is 1. The average Bonchev–Trinajstić information content (AvgIpc) is 3.28. The third-order valence-electron chi connectivity index (χ3n) is 6.04. The predicted molar refractivity (Wildman–Crippen MR) is 116 cm³/mol.